The number of hydrogen-bond donors (Lipinski definition) is 4. The van der Waals surface area contributed by atoms with Crippen molar-refractivity contribution in [3.8, 4) is 11.5 Å². The summed E-state index contributed by atoms with van der Waals surface area (Å²) in [5.41, 5.74) is 5.37. The summed E-state index contributed by atoms with van der Waals surface area (Å²) in [7, 11) is 1.53. The van der Waals surface area contributed by atoms with Crippen LogP contribution in [0.3, 0.4) is 0 Å². The maximum absolute atomic E-state index is 11.9. The van der Waals surface area contributed by atoms with Crippen LogP contribution in [0.2, 0.25) is 0 Å². The molecular weight excluding hydrogens is 238 g/mol. The molecule has 5 N–H and O–H groups in total. The Bertz CT molecular complexity index is 473. The van der Waals surface area contributed by atoms with Crippen molar-refractivity contribution >= 4 is 11.7 Å². The van der Waals surface area contributed by atoms with E-state index in [9.17, 15) is 9.90 Å². The van der Waals surface area contributed by atoms with Crippen molar-refractivity contribution in [2.75, 3.05) is 13.6 Å². The first-order chi connectivity index (χ1) is 8.45. The average Bonchev–Trinajstić information content (AvgIpc) is 2.34. The lowest BCUT2D eigenvalue weighted by Crippen LogP contribution is -2.30. The zero-order valence-corrected chi connectivity index (χ0v) is 9.87. The molecule has 7 nitrogen and oxygen atoms in total. The molecule has 1 rings (SSSR count). The first kappa shape index (κ1) is 13.6. The van der Waals surface area contributed by atoms with Gasteiger partial charge in [0.15, 0.2) is 0 Å². The molecule has 0 radical (unpaired) electrons. The molecule has 18 heavy (non-hydrogen) atoms. The van der Waals surface area contributed by atoms with Crippen molar-refractivity contribution in [3.05, 3.63) is 23.8 Å². The van der Waals surface area contributed by atoms with E-state index in [2.05, 4.69) is 5.16 Å². The molecule has 0 aliphatic heterocycles. The zero-order chi connectivity index (χ0) is 13.7. The molecule has 1 aromatic rings. The van der Waals surface area contributed by atoms with Crippen LogP contribution < -0.4 is 5.73 Å². The Morgan fingerprint density at radius 1 is 1.44 bits per heavy atom. The molecule has 0 fully saturated rings. The van der Waals surface area contributed by atoms with Gasteiger partial charge < -0.3 is 26.1 Å². The summed E-state index contributed by atoms with van der Waals surface area (Å²) < 4.78 is 0. The summed E-state index contributed by atoms with van der Waals surface area (Å²) in [5, 5.41) is 29.8. The second-order valence-corrected chi connectivity index (χ2v) is 3.77. The lowest BCUT2D eigenvalue weighted by molar-refractivity contribution is 0.0795. The minimum Gasteiger partial charge on any atom is -0.508 e. The van der Waals surface area contributed by atoms with Gasteiger partial charge in [-0.25, -0.2) is 0 Å². The van der Waals surface area contributed by atoms with E-state index in [4.69, 9.17) is 16.0 Å². The number of aromatic hydroxyl groups is 2. The number of carbonyl (C=O) groups excluding carboxylic acids is 1. The summed E-state index contributed by atoms with van der Waals surface area (Å²) in [4.78, 5) is 13.2. The second kappa shape index (κ2) is 5.76. The van der Waals surface area contributed by atoms with Crippen LogP contribution in [0.5, 0.6) is 11.5 Å². The Morgan fingerprint density at radius 3 is 2.67 bits per heavy atom. The third kappa shape index (κ3) is 3.27. The molecule has 0 bridgehead atoms. The molecule has 0 aliphatic rings. The number of carbonyl (C=O) groups is 1. The molecule has 1 aromatic carbocycles. The molecule has 1 amide bonds. The Morgan fingerprint density at radius 2 is 2.11 bits per heavy atom. The average molecular weight is 253 g/mol. The summed E-state index contributed by atoms with van der Waals surface area (Å²) in [6.07, 6.45) is 0.220. The zero-order valence-electron chi connectivity index (χ0n) is 9.87. The van der Waals surface area contributed by atoms with Crippen molar-refractivity contribution in [2.45, 2.75) is 6.42 Å². The molecule has 0 aliphatic carbocycles. The first-order valence-corrected chi connectivity index (χ1v) is 5.19. The van der Waals surface area contributed by atoms with E-state index in [0.29, 0.717) is 0 Å². The number of benzene rings is 1. The Kier molecular flexibility index (Phi) is 4.36. The van der Waals surface area contributed by atoms with Crippen LogP contribution in [0.15, 0.2) is 23.4 Å². The number of phenolic OH excluding ortho intramolecular Hbond substituents is 2. The smallest absolute Gasteiger partial charge is 0.257 e. The molecule has 0 heterocycles. The van der Waals surface area contributed by atoms with Crippen LogP contribution in [-0.2, 0) is 0 Å². The summed E-state index contributed by atoms with van der Waals surface area (Å²) in [6.45, 7) is 0.245. The van der Waals surface area contributed by atoms with Gasteiger partial charge in [0.05, 0.1) is 5.56 Å². The number of hydrogen-bond acceptors (Lipinski definition) is 5. The topological polar surface area (TPSA) is 119 Å². The molecule has 0 atom stereocenters. The van der Waals surface area contributed by atoms with Gasteiger partial charge in [-0.15, -0.1) is 0 Å². The third-order valence-electron chi connectivity index (χ3n) is 2.39. The van der Waals surface area contributed by atoms with Gasteiger partial charge in [-0.05, 0) is 12.1 Å². The quantitative estimate of drug-likeness (QED) is 0.266. The highest BCUT2D eigenvalue weighted by Crippen LogP contribution is 2.23. The van der Waals surface area contributed by atoms with E-state index < -0.39 is 5.91 Å². The van der Waals surface area contributed by atoms with Crippen LogP contribution in [0, 0.1) is 0 Å². The molecule has 98 valence electrons. The van der Waals surface area contributed by atoms with E-state index in [1.165, 1.54) is 24.1 Å². The third-order valence-corrected chi connectivity index (χ3v) is 2.39. The lowest BCUT2D eigenvalue weighted by Gasteiger charge is -2.17. The van der Waals surface area contributed by atoms with Crippen molar-refractivity contribution in [3.63, 3.8) is 0 Å². The van der Waals surface area contributed by atoms with Crippen LogP contribution in [0.25, 0.3) is 0 Å². The minimum absolute atomic E-state index is 0.0181. The fourth-order valence-electron chi connectivity index (χ4n) is 1.34. The Labute approximate surface area is 104 Å². The van der Waals surface area contributed by atoms with Gasteiger partial charge in [-0.2, -0.15) is 0 Å². The molecule has 0 aromatic heterocycles. The van der Waals surface area contributed by atoms with Gasteiger partial charge in [0.2, 0.25) is 0 Å². The van der Waals surface area contributed by atoms with E-state index in [-0.39, 0.29) is 35.9 Å². The number of nitrogens with two attached hydrogens (primary N) is 1. The summed E-state index contributed by atoms with van der Waals surface area (Å²) in [5.74, 6) is -0.818. The van der Waals surface area contributed by atoms with Crippen LogP contribution >= 0.6 is 0 Å². The van der Waals surface area contributed by atoms with Gasteiger partial charge in [-0.1, -0.05) is 5.16 Å². The van der Waals surface area contributed by atoms with Crippen molar-refractivity contribution in [1.82, 2.24) is 4.90 Å². The highest BCUT2D eigenvalue weighted by molar-refractivity contribution is 5.97. The van der Waals surface area contributed by atoms with Gasteiger partial charge in [0, 0.05) is 26.1 Å². The largest absolute Gasteiger partial charge is 0.508 e. The summed E-state index contributed by atoms with van der Waals surface area (Å²) >= 11 is 0. The summed E-state index contributed by atoms with van der Waals surface area (Å²) in [6, 6.07) is 3.72. The molecule has 0 spiro atoms. The predicted octanol–water partition coefficient (Wildman–Crippen LogP) is 0.306. The lowest BCUT2D eigenvalue weighted by atomic mass is 10.1. The number of amides is 1. The molecule has 0 saturated carbocycles. The number of phenols is 2. The maximum Gasteiger partial charge on any atom is 0.257 e. The number of nitrogens with zero attached hydrogens (tertiary/aromatic N) is 2. The van der Waals surface area contributed by atoms with Crippen LogP contribution in [0.4, 0.5) is 0 Å². The molecule has 7 heteroatoms. The van der Waals surface area contributed by atoms with Gasteiger partial charge in [0.1, 0.15) is 17.3 Å². The van der Waals surface area contributed by atoms with Gasteiger partial charge in [0.25, 0.3) is 5.91 Å². The van der Waals surface area contributed by atoms with E-state index in [0.717, 1.165) is 6.07 Å². The minimum atomic E-state index is -0.418. The fourth-order valence-corrected chi connectivity index (χ4v) is 1.34. The van der Waals surface area contributed by atoms with E-state index in [1.54, 1.807) is 0 Å². The van der Waals surface area contributed by atoms with Crippen LogP contribution in [-0.4, -0.2) is 45.7 Å². The van der Waals surface area contributed by atoms with E-state index >= 15 is 0 Å². The standard InChI is InChI=1S/C11H15N3O4/c1-14(5-4-10(12)13-18)11(17)8-3-2-7(15)6-9(8)16/h2-3,6,15-16,18H,4-5H2,1H3,(H2,12,13). The van der Waals surface area contributed by atoms with Gasteiger partial charge >= 0.3 is 0 Å². The molecule has 0 saturated heterocycles. The maximum atomic E-state index is 11.9. The number of oxime groups is 1. The Balaban J connectivity index is 2.74. The monoisotopic (exact) mass is 253 g/mol. The molecule has 0 unspecified atom stereocenters. The highest BCUT2D eigenvalue weighted by atomic mass is 16.4. The number of amidine groups is 1. The fraction of sp³-hybridized carbons (Fsp3) is 0.273. The highest BCUT2D eigenvalue weighted by Gasteiger charge is 2.16. The van der Waals surface area contributed by atoms with Crippen molar-refractivity contribution < 1.29 is 20.2 Å². The van der Waals surface area contributed by atoms with Crippen molar-refractivity contribution in [2.24, 2.45) is 10.9 Å². The van der Waals surface area contributed by atoms with Crippen LogP contribution in [0.1, 0.15) is 16.8 Å². The molecular formula is C11H15N3O4. The first-order valence-electron chi connectivity index (χ1n) is 5.19. The van der Waals surface area contributed by atoms with Gasteiger partial charge in [-0.3, -0.25) is 4.79 Å². The normalized spacial score (nSPS) is 11.3. The van der Waals surface area contributed by atoms with E-state index in [1.807, 2.05) is 0 Å². The second-order valence-electron chi connectivity index (χ2n) is 3.77. The Hall–Kier alpha value is -2.44. The number of rotatable bonds is 4. The SMILES string of the molecule is CN(CC/C(N)=N/O)C(=O)c1ccc(O)cc1O. The predicted molar refractivity (Wildman–Crippen MR) is 64.8 cm³/mol. The van der Waals surface area contributed by atoms with Crippen molar-refractivity contribution in [1.29, 1.82) is 0 Å².